The molecule has 0 aliphatic rings. The number of unbranched alkanes of at least 4 members (excludes halogenated alkanes) is 1. The fraction of sp³-hybridized carbons (Fsp3) is 0.857. The van der Waals surface area contributed by atoms with E-state index in [0.717, 1.165) is 12.8 Å². The molecule has 0 rings (SSSR count). The molecule has 0 aliphatic heterocycles. The average molecular weight is 289 g/mol. The van der Waals surface area contributed by atoms with Crippen LogP contribution in [0.25, 0.3) is 0 Å². The maximum atomic E-state index is 12.0. The molecule has 1 atom stereocenters. The van der Waals surface area contributed by atoms with Crippen LogP contribution in [-0.4, -0.2) is 49.1 Å². The van der Waals surface area contributed by atoms with Gasteiger partial charge in [-0.2, -0.15) is 0 Å². The second kappa shape index (κ2) is 8.79. The Morgan fingerprint density at radius 2 is 1.85 bits per heavy atom. The minimum absolute atomic E-state index is 0.0288. The summed E-state index contributed by atoms with van der Waals surface area (Å²) in [6, 6.07) is -0.748. The van der Waals surface area contributed by atoms with Crippen molar-refractivity contribution in [2.75, 3.05) is 20.4 Å². The highest BCUT2D eigenvalue weighted by atomic mass is 16.6. The SMILES string of the molecule is CCCCOC(=O)[C@H](C)N(COC)C(=O)OC(C)(C)C. The topological polar surface area (TPSA) is 65.1 Å². The molecule has 6 heteroatoms. The molecule has 20 heavy (non-hydrogen) atoms. The Balaban J connectivity index is 4.63. The lowest BCUT2D eigenvalue weighted by Gasteiger charge is -2.29. The van der Waals surface area contributed by atoms with E-state index < -0.39 is 23.7 Å². The van der Waals surface area contributed by atoms with Gasteiger partial charge in [-0.15, -0.1) is 0 Å². The molecule has 0 unspecified atom stereocenters. The molecular weight excluding hydrogens is 262 g/mol. The zero-order chi connectivity index (χ0) is 15.8. The highest BCUT2D eigenvalue weighted by Gasteiger charge is 2.30. The first-order chi connectivity index (χ1) is 9.22. The summed E-state index contributed by atoms with van der Waals surface area (Å²) in [6.07, 6.45) is 1.14. The van der Waals surface area contributed by atoms with Crippen LogP contribution in [0.1, 0.15) is 47.5 Å². The molecule has 0 aliphatic carbocycles. The van der Waals surface area contributed by atoms with Crippen LogP contribution >= 0.6 is 0 Å². The Hall–Kier alpha value is -1.30. The van der Waals surface area contributed by atoms with Crippen molar-refractivity contribution in [3.8, 4) is 0 Å². The number of nitrogens with zero attached hydrogens (tertiary/aromatic N) is 1. The summed E-state index contributed by atoms with van der Waals surface area (Å²) in [4.78, 5) is 25.1. The number of hydrogen-bond donors (Lipinski definition) is 0. The molecule has 0 radical (unpaired) electrons. The van der Waals surface area contributed by atoms with Gasteiger partial charge < -0.3 is 14.2 Å². The van der Waals surface area contributed by atoms with Crippen LogP contribution in [0, 0.1) is 0 Å². The van der Waals surface area contributed by atoms with Gasteiger partial charge in [0.1, 0.15) is 18.4 Å². The molecule has 0 saturated carbocycles. The number of hydrogen-bond acceptors (Lipinski definition) is 5. The van der Waals surface area contributed by atoms with Crippen molar-refractivity contribution in [2.45, 2.75) is 59.1 Å². The fourth-order valence-corrected chi connectivity index (χ4v) is 1.35. The van der Waals surface area contributed by atoms with Crippen molar-refractivity contribution < 1.29 is 23.8 Å². The first-order valence-corrected chi connectivity index (χ1v) is 6.88. The highest BCUT2D eigenvalue weighted by Crippen LogP contribution is 2.13. The van der Waals surface area contributed by atoms with Gasteiger partial charge in [0, 0.05) is 7.11 Å². The quantitative estimate of drug-likeness (QED) is 0.409. The highest BCUT2D eigenvalue weighted by molar-refractivity contribution is 5.81. The van der Waals surface area contributed by atoms with E-state index in [0.29, 0.717) is 6.61 Å². The number of methoxy groups -OCH3 is 1. The summed E-state index contributed by atoms with van der Waals surface area (Å²) >= 11 is 0. The lowest BCUT2D eigenvalue weighted by Crippen LogP contribution is -2.47. The Kier molecular flexibility index (Phi) is 8.22. The summed E-state index contributed by atoms with van der Waals surface area (Å²) in [5.41, 5.74) is -0.630. The normalized spacial score (nSPS) is 12.7. The van der Waals surface area contributed by atoms with E-state index in [2.05, 4.69) is 0 Å². The van der Waals surface area contributed by atoms with E-state index in [1.165, 1.54) is 12.0 Å². The third-order valence-corrected chi connectivity index (χ3v) is 2.45. The van der Waals surface area contributed by atoms with Gasteiger partial charge in [-0.3, -0.25) is 4.90 Å². The van der Waals surface area contributed by atoms with Crippen molar-refractivity contribution in [1.82, 2.24) is 4.90 Å². The summed E-state index contributed by atoms with van der Waals surface area (Å²) in [6.45, 7) is 9.22. The summed E-state index contributed by atoms with van der Waals surface area (Å²) in [5.74, 6) is -0.457. The lowest BCUT2D eigenvalue weighted by molar-refractivity contribution is -0.151. The van der Waals surface area contributed by atoms with E-state index >= 15 is 0 Å². The van der Waals surface area contributed by atoms with E-state index in [-0.39, 0.29) is 6.73 Å². The Bertz CT molecular complexity index is 311. The second-order valence-corrected chi connectivity index (χ2v) is 5.56. The number of rotatable bonds is 7. The van der Waals surface area contributed by atoms with Gasteiger partial charge in [-0.25, -0.2) is 9.59 Å². The third-order valence-electron chi connectivity index (χ3n) is 2.45. The molecule has 0 aromatic rings. The molecule has 0 aromatic heterocycles. The van der Waals surface area contributed by atoms with Crippen LogP contribution in [0.2, 0.25) is 0 Å². The van der Waals surface area contributed by atoms with Crippen molar-refractivity contribution in [3.63, 3.8) is 0 Å². The van der Waals surface area contributed by atoms with Crippen LogP contribution in [-0.2, 0) is 19.0 Å². The fourth-order valence-electron chi connectivity index (χ4n) is 1.35. The van der Waals surface area contributed by atoms with Crippen LogP contribution in [0.3, 0.4) is 0 Å². The van der Waals surface area contributed by atoms with Crippen LogP contribution in [0.4, 0.5) is 4.79 Å². The molecule has 0 saturated heterocycles. The maximum absolute atomic E-state index is 12.0. The second-order valence-electron chi connectivity index (χ2n) is 5.56. The molecule has 0 aromatic carbocycles. The molecular formula is C14H27NO5. The third kappa shape index (κ3) is 7.33. The van der Waals surface area contributed by atoms with E-state index in [4.69, 9.17) is 14.2 Å². The van der Waals surface area contributed by atoms with Gasteiger partial charge in [0.15, 0.2) is 0 Å². The zero-order valence-corrected chi connectivity index (χ0v) is 13.4. The van der Waals surface area contributed by atoms with Crippen molar-refractivity contribution in [1.29, 1.82) is 0 Å². The predicted molar refractivity (Wildman–Crippen MR) is 75.3 cm³/mol. The Labute approximate surface area is 121 Å². The molecule has 1 amide bonds. The van der Waals surface area contributed by atoms with E-state index in [1.807, 2.05) is 6.92 Å². The van der Waals surface area contributed by atoms with Crippen LogP contribution in [0.5, 0.6) is 0 Å². The Morgan fingerprint density at radius 1 is 1.25 bits per heavy atom. The van der Waals surface area contributed by atoms with Crippen LogP contribution in [0.15, 0.2) is 0 Å². The van der Waals surface area contributed by atoms with Gasteiger partial charge in [0.05, 0.1) is 6.61 Å². The number of ether oxygens (including phenoxy) is 3. The van der Waals surface area contributed by atoms with Gasteiger partial charge in [0.2, 0.25) is 0 Å². The Morgan fingerprint density at radius 3 is 2.30 bits per heavy atom. The van der Waals surface area contributed by atoms with Crippen molar-refractivity contribution in [3.05, 3.63) is 0 Å². The summed E-state index contributed by atoms with van der Waals surface area (Å²) < 4.78 is 15.3. The molecule has 118 valence electrons. The van der Waals surface area contributed by atoms with Crippen molar-refractivity contribution >= 4 is 12.1 Å². The first kappa shape index (κ1) is 18.7. The molecule has 0 fully saturated rings. The summed E-state index contributed by atoms with van der Waals surface area (Å²) in [5, 5.41) is 0. The number of carbonyl (C=O) groups excluding carboxylic acids is 2. The number of amides is 1. The molecule has 0 bridgehead atoms. The van der Waals surface area contributed by atoms with Crippen molar-refractivity contribution in [2.24, 2.45) is 0 Å². The smallest absolute Gasteiger partial charge is 0.412 e. The molecule has 0 heterocycles. The standard InChI is InChI=1S/C14H27NO5/c1-7-8-9-19-12(16)11(2)15(10-18-6)13(17)20-14(3,4)5/h11H,7-10H2,1-6H3/t11-/m0/s1. The summed E-state index contributed by atoms with van der Waals surface area (Å²) in [7, 11) is 1.45. The lowest BCUT2D eigenvalue weighted by atomic mass is 10.2. The largest absolute Gasteiger partial charge is 0.464 e. The molecule has 0 spiro atoms. The van der Waals surface area contributed by atoms with Gasteiger partial charge >= 0.3 is 12.1 Å². The zero-order valence-electron chi connectivity index (χ0n) is 13.4. The molecule has 0 N–H and O–H groups in total. The monoisotopic (exact) mass is 289 g/mol. The number of carbonyl (C=O) groups is 2. The predicted octanol–water partition coefficient (Wildman–Crippen LogP) is 2.56. The van der Waals surface area contributed by atoms with E-state index in [9.17, 15) is 9.59 Å². The first-order valence-electron chi connectivity index (χ1n) is 6.88. The maximum Gasteiger partial charge on any atom is 0.412 e. The van der Waals surface area contributed by atoms with Gasteiger partial charge in [-0.1, -0.05) is 13.3 Å². The minimum atomic E-state index is -0.748. The van der Waals surface area contributed by atoms with Gasteiger partial charge in [0.25, 0.3) is 0 Å². The molecule has 6 nitrogen and oxygen atoms in total. The van der Waals surface area contributed by atoms with Crippen LogP contribution < -0.4 is 0 Å². The minimum Gasteiger partial charge on any atom is -0.464 e. The average Bonchev–Trinajstić information content (AvgIpc) is 2.33. The van der Waals surface area contributed by atoms with E-state index in [1.54, 1.807) is 27.7 Å². The van der Waals surface area contributed by atoms with Gasteiger partial charge in [-0.05, 0) is 34.1 Å². The number of esters is 1.